The number of rotatable bonds is 4. The quantitative estimate of drug-likeness (QED) is 0.668. The second kappa shape index (κ2) is 5.60. The molecule has 2 unspecified atom stereocenters. The van der Waals surface area contributed by atoms with Crippen LogP contribution in [0.1, 0.15) is 26.2 Å². The van der Waals surface area contributed by atoms with E-state index < -0.39 is 0 Å². The van der Waals surface area contributed by atoms with E-state index in [1.165, 1.54) is 19.3 Å². The standard InChI is InChI=1S/C10H18ClN/c1-9-4-2-5-10(9)8-12-7-3-6-11/h3,6,9-10,12H,2,4-5,7-8H2,1H3/b6-3+. The molecular weight excluding hydrogens is 170 g/mol. The predicted molar refractivity (Wildman–Crippen MR) is 54.4 cm³/mol. The van der Waals surface area contributed by atoms with Gasteiger partial charge in [0.1, 0.15) is 0 Å². The van der Waals surface area contributed by atoms with Crippen molar-refractivity contribution in [2.24, 2.45) is 11.8 Å². The van der Waals surface area contributed by atoms with Gasteiger partial charge < -0.3 is 5.32 Å². The molecule has 1 nitrogen and oxygen atoms in total. The van der Waals surface area contributed by atoms with Gasteiger partial charge in [0.25, 0.3) is 0 Å². The van der Waals surface area contributed by atoms with Gasteiger partial charge in [0.15, 0.2) is 0 Å². The van der Waals surface area contributed by atoms with E-state index in [1.807, 2.05) is 6.08 Å². The molecule has 12 heavy (non-hydrogen) atoms. The lowest BCUT2D eigenvalue weighted by atomic mass is 9.98. The van der Waals surface area contributed by atoms with Gasteiger partial charge in [0.2, 0.25) is 0 Å². The molecule has 0 saturated heterocycles. The first-order valence-electron chi connectivity index (χ1n) is 4.80. The van der Waals surface area contributed by atoms with Crippen LogP contribution in [0.2, 0.25) is 0 Å². The fourth-order valence-corrected chi connectivity index (χ4v) is 2.01. The van der Waals surface area contributed by atoms with Crippen molar-refractivity contribution in [2.45, 2.75) is 26.2 Å². The first-order chi connectivity index (χ1) is 5.84. The Morgan fingerprint density at radius 2 is 2.33 bits per heavy atom. The molecule has 2 heteroatoms. The van der Waals surface area contributed by atoms with E-state index >= 15 is 0 Å². The molecule has 1 N–H and O–H groups in total. The molecule has 1 rings (SSSR count). The number of nitrogens with one attached hydrogen (secondary N) is 1. The Kier molecular flexibility index (Phi) is 4.70. The molecule has 1 aliphatic rings. The number of hydrogen-bond acceptors (Lipinski definition) is 1. The van der Waals surface area contributed by atoms with Crippen LogP contribution >= 0.6 is 11.6 Å². The van der Waals surface area contributed by atoms with Gasteiger partial charge in [-0.2, -0.15) is 0 Å². The summed E-state index contributed by atoms with van der Waals surface area (Å²) in [4.78, 5) is 0. The Balaban J connectivity index is 2.06. The summed E-state index contributed by atoms with van der Waals surface area (Å²) in [5, 5.41) is 3.39. The van der Waals surface area contributed by atoms with Crippen molar-refractivity contribution >= 4 is 11.6 Å². The fourth-order valence-electron chi connectivity index (χ4n) is 1.92. The molecule has 0 spiro atoms. The Morgan fingerprint density at radius 3 is 2.92 bits per heavy atom. The molecule has 0 aromatic heterocycles. The zero-order chi connectivity index (χ0) is 8.81. The number of hydrogen-bond donors (Lipinski definition) is 1. The average Bonchev–Trinajstić information content (AvgIpc) is 2.46. The zero-order valence-corrected chi connectivity index (χ0v) is 8.48. The highest BCUT2D eigenvalue weighted by Gasteiger charge is 2.22. The van der Waals surface area contributed by atoms with Crippen LogP contribution < -0.4 is 5.32 Å². The van der Waals surface area contributed by atoms with Gasteiger partial charge in [0.05, 0.1) is 0 Å². The molecule has 70 valence electrons. The fraction of sp³-hybridized carbons (Fsp3) is 0.800. The van der Waals surface area contributed by atoms with Gasteiger partial charge >= 0.3 is 0 Å². The molecule has 0 aromatic rings. The minimum atomic E-state index is 0.897. The summed E-state index contributed by atoms with van der Waals surface area (Å²) >= 11 is 5.41. The third kappa shape index (κ3) is 3.16. The van der Waals surface area contributed by atoms with Crippen molar-refractivity contribution < 1.29 is 0 Å². The highest BCUT2D eigenvalue weighted by molar-refractivity contribution is 6.25. The van der Waals surface area contributed by atoms with Crippen molar-refractivity contribution in [3.8, 4) is 0 Å². The Labute approximate surface area is 80.2 Å². The highest BCUT2D eigenvalue weighted by Crippen LogP contribution is 2.30. The monoisotopic (exact) mass is 187 g/mol. The summed E-state index contributed by atoms with van der Waals surface area (Å²) in [5.41, 5.74) is 1.57. The van der Waals surface area contributed by atoms with Gasteiger partial charge in [-0.15, -0.1) is 0 Å². The molecule has 0 bridgehead atoms. The largest absolute Gasteiger partial charge is 0.313 e. The molecule has 1 saturated carbocycles. The third-order valence-electron chi connectivity index (χ3n) is 2.80. The van der Waals surface area contributed by atoms with Crippen LogP contribution in [0, 0.1) is 11.8 Å². The SMILES string of the molecule is CC1CCCC1CNC/C=C/Cl. The smallest absolute Gasteiger partial charge is 0.0146 e. The molecule has 2 atom stereocenters. The van der Waals surface area contributed by atoms with Crippen LogP contribution in [0.25, 0.3) is 0 Å². The maximum absolute atomic E-state index is 5.41. The minimum Gasteiger partial charge on any atom is -0.313 e. The first-order valence-corrected chi connectivity index (χ1v) is 5.24. The van der Waals surface area contributed by atoms with Crippen LogP contribution in [0.4, 0.5) is 0 Å². The van der Waals surface area contributed by atoms with E-state index in [9.17, 15) is 0 Å². The number of halogens is 1. The van der Waals surface area contributed by atoms with Crippen LogP contribution in [0.15, 0.2) is 11.6 Å². The van der Waals surface area contributed by atoms with Gasteiger partial charge in [-0.25, -0.2) is 0 Å². The molecule has 0 aliphatic heterocycles. The van der Waals surface area contributed by atoms with Crippen molar-refractivity contribution in [3.63, 3.8) is 0 Å². The van der Waals surface area contributed by atoms with Gasteiger partial charge in [-0.05, 0) is 24.8 Å². The van der Waals surface area contributed by atoms with E-state index in [2.05, 4.69) is 12.2 Å². The lowest BCUT2D eigenvalue weighted by molar-refractivity contribution is 0.399. The molecule has 0 amide bonds. The van der Waals surface area contributed by atoms with E-state index in [0.29, 0.717) is 0 Å². The van der Waals surface area contributed by atoms with Gasteiger partial charge in [-0.1, -0.05) is 37.4 Å². The highest BCUT2D eigenvalue weighted by atomic mass is 35.5. The minimum absolute atomic E-state index is 0.897. The normalized spacial score (nSPS) is 30.2. The summed E-state index contributed by atoms with van der Waals surface area (Å²) in [6, 6.07) is 0. The molecule has 1 fully saturated rings. The summed E-state index contributed by atoms with van der Waals surface area (Å²) in [6.07, 6.45) is 6.18. The molecule has 0 radical (unpaired) electrons. The second-order valence-corrected chi connectivity index (χ2v) is 3.94. The lowest BCUT2D eigenvalue weighted by Crippen LogP contribution is -2.24. The predicted octanol–water partition coefficient (Wildman–Crippen LogP) is 2.76. The third-order valence-corrected chi connectivity index (χ3v) is 2.98. The zero-order valence-electron chi connectivity index (χ0n) is 7.72. The van der Waals surface area contributed by atoms with E-state index in [1.54, 1.807) is 5.54 Å². The Hall–Kier alpha value is -0.0100. The van der Waals surface area contributed by atoms with Crippen LogP contribution in [-0.4, -0.2) is 13.1 Å². The van der Waals surface area contributed by atoms with Gasteiger partial charge in [0, 0.05) is 12.1 Å². The van der Waals surface area contributed by atoms with E-state index in [-0.39, 0.29) is 0 Å². The summed E-state index contributed by atoms with van der Waals surface area (Å²) < 4.78 is 0. The van der Waals surface area contributed by atoms with Crippen LogP contribution in [-0.2, 0) is 0 Å². The maximum Gasteiger partial charge on any atom is 0.0146 e. The topological polar surface area (TPSA) is 12.0 Å². The molecule has 1 aliphatic carbocycles. The van der Waals surface area contributed by atoms with Crippen molar-refractivity contribution in [2.75, 3.05) is 13.1 Å². The van der Waals surface area contributed by atoms with Gasteiger partial charge in [-0.3, -0.25) is 0 Å². The van der Waals surface area contributed by atoms with Crippen molar-refractivity contribution in [1.82, 2.24) is 5.32 Å². The Bertz CT molecular complexity index is 145. The average molecular weight is 188 g/mol. The summed E-state index contributed by atoms with van der Waals surface area (Å²) in [6.45, 7) is 4.42. The van der Waals surface area contributed by atoms with Crippen LogP contribution in [0.5, 0.6) is 0 Å². The lowest BCUT2D eigenvalue weighted by Gasteiger charge is -2.14. The van der Waals surface area contributed by atoms with E-state index in [0.717, 1.165) is 24.9 Å². The first kappa shape index (κ1) is 10.1. The van der Waals surface area contributed by atoms with Crippen molar-refractivity contribution in [3.05, 3.63) is 11.6 Å². The molecular formula is C10H18ClN. The van der Waals surface area contributed by atoms with E-state index in [4.69, 9.17) is 11.6 Å². The maximum atomic E-state index is 5.41. The summed E-state index contributed by atoms with van der Waals surface area (Å²) in [7, 11) is 0. The molecule has 0 heterocycles. The second-order valence-electron chi connectivity index (χ2n) is 3.69. The Morgan fingerprint density at radius 1 is 1.50 bits per heavy atom. The summed E-state index contributed by atoms with van der Waals surface area (Å²) in [5.74, 6) is 1.81. The van der Waals surface area contributed by atoms with Crippen molar-refractivity contribution in [1.29, 1.82) is 0 Å². The van der Waals surface area contributed by atoms with Crippen LogP contribution in [0.3, 0.4) is 0 Å². The molecule has 0 aromatic carbocycles.